The van der Waals surface area contributed by atoms with Crippen LogP contribution >= 0.6 is 0 Å². The normalized spacial score (nSPS) is 11.0. The van der Waals surface area contributed by atoms with E-state index in [0.717, 1.165) is 5.56 Å². The summed E-state index contributed by atoms with van der Waals surface area (Å²) in [6, 6.07) is 5.48. The molecule has 0 spiro atoms. The second-order valence-electron chi connectivity index (χ2n) is 4.74. The lowest BCUT2D eigenvalue weighted by Gasteiger charge is -2.25. The van der Waals surface area contributed by atoms with Gasteiger partial charge in [0.25, 0.3) is 0 Å². The molecule has 0 aromatic heterocycles. The highest BCUT2D eigenvalue weighted by molar-refractivity contribution is 5.87. The Morgan fingerprint density at radius 1 is 1.26 bits per heavy atom. The number of rotatable bonds is 6. The zero-order valence-corrected chi connectivity index (χ0v) is 11.9. The highest BCUT2D eigenvalue weighted by atomic mass is 16.5. The average Bonchev–Trinajstić information content (AvgIpc) is 2.43. The number of carbonyl (C=O) groups is 1. The van der Waals surface area contributed by atoms with Gasteiger partial charge in [-0.25, -0.2) is 0 Å². The summed E-state index contributed by atoms with van der Waals surface area (Å²) < 4.78 is 10.4. The third-order valence-electron chi connectivity index (χ3n) is 3.10. The molecule has 1 aromatic rings. The van der Waals surface area contributed by atoms with Crippen molar-refractivity contribution in [3.05, 3.63) is 23.8 Å². The van der Waals surface area contributed by atoms with E-state index < -0.39 is 5.41 Å². The first kappa shape index (κ1) is 15.3. The van der Waals surface area contributed by atoms with Crippen LogP contribution in [0.3, 0.4) is 0 Å². The van der Waals surface area contributed by atoms with Crippen molar-refractivity contribution in [3.63, 3.8) is 0 Å². The van der Waals surface area contributed by atoms with Crippen molar-refractivity contribution in [1.82, 2.24) is 5.32 Å². The minimum atomic E-state index is -0.658. The predicted octanol–water partition coefficient (Wildman–Crippen LogP) is 1.06. The Bertz CT molecular complexity index is 444. The number of hydrogen-bond donors (Lipinski definition) is 2. The molecule has 0 saturated carbocycles. The van der Waals surface area contributed by atoms with Crippen molar-refractivity contribution in [1.29, 1.82) is 0 Å². The van der Waals surface area contributed by atoms with Crippen molar-refractivity contribution in [2.45, 2.75) is 19.3 Å². The Morgan fingerprint density at radius 2 is 1.89 bits per heavy atom. The number of methoxy groups -OCH3 is 2. The Morgan fingerprint density at radius 3 is 2.42 bits per heavy atom. The van der Waals surface area contributed by atoms with Crippen LogP contribution in [-0.2, 0) is 10.2 Å². The lowest BCUT2D eigenvalue weighted by molar-refractivity contribution is -0.125. The fourth-order valence-electron chi connectivity index (χ4n) is 1.76. The molecule has 19 heavy (non-hydrogen) atoms. The van der Waals surface area contributed by atoms with Crippen LogP contribution in [0.5, 0.6) is 11.5 Å². The van der Waals surface area contributed by atoms with Crippen LogP contribution < -0.4 is 20.5 Å². The van der Waals surface area contributed by atoms with Gasteiger partial charge >= 0.3 is 0 Å². The van der Waals surface area contributed by atoms with Gasteiger partial charge < -0.3 is 20.5 Å². The molecule has 0 heterocycles. The van der Waals surface area contributed by atoms with Crippen molar-refractivity contribution in [2.75, 3.05) is 27.3 Å². The quantitative estimate of drug-likeness (QED) is 0.807. The van der Waals surface area contributed by atoms with Crippen molar-refractivity contribution >= 4 is 5.91 Å². The van der Waals surface area contributed by atoms with Crippen LogP contribution in [0, 0.1) is 0 Å². The monoisotopic (exact) mass is 266 g/mol. The summed E-state index contributed by atoms with van der Waals surface area (Å²) in [5.74, 6) is 1.19. The van der Waals surface area contributed by atoms with Gasteiger partial charge in [-0.2, -0.15) is 0 Å². The lowest BCUT2D eigenvalue weighted by Crippen LogP contribution is -2.42. The first-order valence-electron chi connectivity index (χ1n) is 6.18. The van der Waals surface area contributed by atoms with E-state index in [4.69, 9.17) is 15.2 Å². The summed E-state index contributed by atoms with van der Waals surface area (Å²) in [4.78, 5) is 12.1. The van der Waals surface area contributed by atoms with Crippen LogP contribution in [0.25, 0.3) is 0 Å². The molecule has 0 saturated heterocycles. The van der Waals surface area contributed by atoms with Crippen molar-refractivity contribution in [3.8, 4) is 11.5 Å². The van der Waals surface area contributed by atoms with Gasteiger partial charge in [-0.15, -0.1) is 0 Å². The summed E-state index contributed by atoms with van der Waals surface area (Å²) >= 11 is 0. The molecule has 0 unspecified atom stereocenters. The number of nitrogens with one attached hydrogen (secondary N) is 1. The van der Waals surface area contributed by atoms with Crippen LogP contribution in [0.1, 0.15) is 19.4 Å². The number of benzene rings is 1. The van der Waals surface area contributed by atoms with Gasteiger partial charge in [0.05, 0.1) is 19.6 Å². The second-order valence-corrected chi connectivity index (χ2v) is 4.74. The summed E-state index contributed by atoms with van der Waals surface area (Å²) in [5.41, 5.74) is 5.59. The first-order chi connectivity index (χ1) is 8.97. The highest BCUT2D eigenvalue weighted by Gasteiger charge is 2.30. The maximum Gasteiger partial charge on any atom is 0.230 e. The molecule has 1 rings (SSSR count). The molecule has 3 N–H and O–H groups in total. The summed E-state index contributed by atoms with van der Waals surface area (Å²) in [6.07, 6.45) is 0. The summed E-state index contributed by atoms with van der Waals surface area (Å²) in [5, 5.41) is 2.80. The molecular weight excluding hydrogens is 244 g/mol. The Balaban J connectivity index is 3.03. The SMILES string of the molecule is COc1ccc(C(C)(C)C(=O)NCCN)cc1OC. The van der Waals surface area contributed by atoms with E-state index in [1.165, 1.54) is 0 Å². The molecule has 106 valence electrons. The van der Waals surface area contributed by atoms with Gasteiger partial charge in [-0.1, -0.05) is 6.07 Å². The molecule has 0 aliphatic heterocycles. The summed E-state index contributed by atoms with van der Waals surface area (Å²) in [7, 11) is 3.15. The molecule has 0 fully saturated rings. The lowest BCUT2D eigenvalue weighted by atomic mass is 9.83. The first-order valence-corrected chi connectivity index (χ1v) is 6.18. The topological polar surface area (TPSA) is 73.6 Å². The Hall–Kier alpha value is -1.75. The average molecular weight is 266 g/mol. The number of carbonyl (C=O) groups excluding carboxylic acids is 1. The van der Waals surface area contributed by atoms with Gasteiger partial charge in [0.15, 0.2) is 11.5 Å². The molecule has 1 aromatic carbocycles. The fourth-order valence-corrected chi connectivity index (χ4v) is 1.76. The minimum Gasteiger partial charge on any atom is -0.493 e. The molecule has 5 heteroatoms. The van der Waals surface area contributed by atoms with E-state index in [1.54, 1.807) is 20.3 Å². The van der Waals surface area contributed by atoms with Gasteiger partial charge in [0, 0.05) is 13.1 Å². The summed E-state index contributed by atoms with van der Waals surface area (Å²) in [6.45, 7) is 4.61. The maximum atomic E-state index is 12.1. The molecule has 0 aliphatic rings. The van der Waals surface area contributed by atoms with Crippen molar-refractivity contribution < 1.29 is 14.3 Å². The fraction of sp³-hybridized carbons (Fsp3) is 0.500. The van der Waals surface area contributed by atoms with E-state index in [9.17, 15) is 4.79 Å². The maximum absolute atomic E-state index is 12.1. The second kappa shape index (κ2) is 6.43. The number of hydrogen-bond acceptors (Lipinski definition) is 4. The molecule has 0 atom stereocenters. The zero-order chi connectivity index (χ0) is 14.5. The predicted molar refractivity (Wildman–Crippen MR) is 74.6 cm³/mol. The third-order valence-corrected chi connectivity index (χ3v) is 3.10. The van der Waals surface area contributed by atoms with E-state index in [2.05, 4.69) is 5.32 Å². The number of amides is 1. The molecule has 0 radical (unpaired) electrons. The Kier molecular flexibility index (Phi) is 5.18. The molecule has 0 bridgehead atoms. The van der Waals surface area contributed by atoms with Crippen LogP contribution in [-0.4, -0.2) is 33.2 Å². The van der Waals surface area contributed by atoms with Gasteiger partial charge in [0.1, 0.15) is 0 Å². The van der Waals surface area contributed by atoms with Gasteiger partial charge in [0.2, 0.25) is 5.91 Å². The standard InChI is InChI=1S/C14H22N2O3/c1-14(2,13(17)16-8-7-15)10-5-6-11(18-3)12(9-10)19-4/h5-6,9H,7-8,15H2,1-4H3,(H,16,17). The number of nitrogens with two attached hydrogens (primary N) is 1. The van der Waals surface area contributed by atoms with Crippen LogP contribution in [0.4, 0.5) is 0 Å². The van der Waals surface area contributed by atoms with Crippen LogP contribution in [0.2, 0.25) is 0 Å². The molecular formula is C14H22N2O3. The molecule has 1 amide bonds. The highest BCUT2D eigenvalue weighted by Crippen LogP contribution is 2.33. The van der Waals surface area contributed by atoms with E-state index in [0.29, 0.717) is 24.6 Å². The van der Waals surface area contributed by atoms with E-state index >= 15 is 0 Å². The van der Waals surface area contributed by atoms with Crippen LogP contribution in [0.15, 0.2) is 18.2 Å². The largest absolute Gasteiger partial charge is 0.493 e. The van der Waals surface area contributed by atoms with E-state index in [1.807, 2.05) is 26.0 Å². The minimum absolute atomic E-state index is 0.0647. The van der Waals surface area contributed by atoms with Gasteiger partial charge in [-0.3, -0.25) is 4.79 Å². The molecule has 0 aliphatic carbocycles. The third kappa shape index (κ3) is 3.38. The number of ether oxygens (including phenoxy) is 2. The van der Waals surface area contributed by atoms with E-state index in [-0.39, 0.29) is 5.91 Å². The molecule has 5 nitrogen and oxygen atoms in total. The zero-order valence-electron chi connectivity index (χ0n) is 11.9. The van der Waals surface area contributed by atoms with Gasteiger partial charge in [-0.05, 0) is 31.5 Å². The Labute approximate surface area is 114 Å². The smallest absolute Gasteiger partial charge is 0.230 e. The van der Waals surface area contributed by atoms with Crippen molar-refractivity contribution in [2.24, 2.45) is 5.73 Å².